The predicted octanol–water partition coefficient (Wildman–Crippen LogP) is 4.00. The van der Waals surface area contributed by atoms with Gasteiger partial charge in [0.15, 0.2) is 5.78 Å². The Kier molecular flexibility index (Phi) is 2.90. The van der Waals surface area contributed by atoms with Crippen LogP contribution in [0.2, 0.25) is 0 Å². The molecule has 1 aromatic heterocycles. The maximum atomic E-state index is 12.7. The number of carbonyl (C=O) groups excluding carboxylic acids is 1. The number of nitrogens with zero attached hydrogens (tertiary/aromatic N) is 2. The molecule has 2 aromatic carbocycles. The lowest BCUT2D eigenvalue weighted by atomic mass is 10.1. The molecule has 0 amide bonds. The SMILES string of the molecule is CC(=O)c1ccc2nc3cc(C(F)(F)F)ccc3nc2c1. The van der Waals surface area contributed by atoms with Crippen LogP contribution in [0.4, 0.5) is 13.2 Å². The maximum absolute atomic E-state index is 12.7. The zero-order valence-electron chi connectivity index (χ0n) is 10.9. The van der Waals surface area contributed by atoms with Crippen molar-refractivity contribution in [1.82, 2.24) is 9.97 Å². The Bertz CT molecular complexity index is 872. The summed E-state index contributed by atoms with van der Waals surface area (Å²) in [4.78, 5) is 19.8. The van der Waals surface area contributed by atoms with Crippen molar-refractivity contribution in [3.05, 3.63) is 47.5 Å². The smallest absolute Gasteiger partial charge is 0.295 e. The fraction of sp³-hybridized carbons (Fsp3) is 0.133. The largest absolute Gasteiger partial charge is 0.416 e. The van der Waals surface area contributed by atoms with Crippen molar-refractivity contribution in [1.29, 1.82) is 0 Å². The average Bonchev–Trinajstić information content (AvgIpc) is 2.42. The number of hydrogen-bond donors (Lipinski definition) is 0. The van der Waals surface area contributed by atoms with E-state index in [1.807, 2.05) is 0 Å². The molecule has 0 saturated heterocycles. The first kappa shape index (κ1) is 13.5. The molecule has 0 aliphatic rings. The number of halogens is 3. The fourth-order valence-electron chi connectivity index (χ4n) is 2.07. The van der Waals surface area contributed by atoms with Gasteiger partial charge in [-0.25, -0.2) is 9.97 Å². The first-order chi connectivity index (χ1) is 9.84. The van der Waals surface area contributed by atoms with Crippen molar-refractivity contribution in [3.8, 4) is 0 Å². The lowest BCUT2D eigenvalue weighted by molar-refractivity contribution is -0.137. The molecule has 0 aliphatic heterocycles. The number of Topliss-reactive ketones (excluding diaryl/α,β-unsaturated/α-hetero) is 1. The molecule has 0 N–H and O–H groups in total. The van der Waals surface area contributed by atoms with Gasteiger partial charge in [0.2, 0.25) is 0 Å². The molecule has 0 spiro atoms. The Hall–Kier alpha value is -2.50. The zero-order chi connectivity index (χ0) is 15.2. The Morgan fingerprint density at radius 2 is 1.48 bits per heavy atom. The number of fused-ring (bicyclic) bond motifs is 2. The van der Waals surface area contributed by atoms with Gasteiger partial charge in [0, 0.05) is 5.56 Å². The van der Waals surface area contributed by atoms with Gasteiger partial charge >= 0.3 is 6.18 Å². The van der Waals surface area contributed by atoms with E-state index in [9.17, 15) is 18.0 Å². The summed E-state index contributed by atoms with van der Waals surface area (Å²) in [6.45, 7) is 1.44. The highest BCUT2D eigenvalue weighted by Crippen LogP contribution is 2.31. The summed E-state index contributed by atoms with van der Waals surface area (Å²) in [6.07, 6.45) is -4.41. The van der Waals surface area contributed by atoms with Gasteiger partial charge in [0.05, 0.1) is 27.6 Å². The minimum Gasteiger partial charge on any atom is -0.295 e. The van der Waals surface area contributed by atoms with Gasteiger partial charge in [0.1, 0.15) is 0 Å². The Morgan fingerprint density at radius 3 is 2.05 bits per heavy atom. The minimum atomic E-state index is -4.41. The van der Waals surface area contributed by atoms with Crippen molar-refractivity contribution in [2.24, 2.45) is 0 Å². The van der Waals surface area contributed by atoms with E-state index >= 15 is 0 Å². The van der Waals surface area contributed by atoms with E-state index in [2.05, 4.69) is 9.97 Å². The summed E-state index contributed by atoms with van der Waals surface area (Å²) in [5, 5.41) is 0. The molecule has 0 fully saturated rings. The number of carbonyl (C=O) groups is 1. The highest BCUT2D eigenvalue weighted by atomic mass is 19.4. The molecule has 0 atom stereocenters. The normalized spacial score (nSPS) is 12.0. The van der Waals surface area contributed by atoms with Crippen molar-refractivity contribution in [2.75, 3.05) is 0 Å². The number of aromatic nitrogens is 2. The number of rotatable bonds is 1. The van der Waals surface area contributed by atoms with Crippen LogP contribution in [0, 0.1) is 0 Å². The quantitative estimate of drug-likeness (QED) is 0.502. The van der Waals surface area contributed by atoms with Crippen LogP contribution in [-0.2, 0) is 6.18 Å². The first-order valence-corrected chi connectivity index (χ1v) is 6.14. The molecular formula is C15H9F3N2O. The van der Waals surface area contributed by atoms with Gasteiger partial charge < -0.3 is 0 Å². The molecule has 6 heteroatoms. The fourth-order valence-corrected chi connectivity index (χ4v) is 2.07. The molecule has 0 aliphatic carbocycles. The van der Waals surface area contributed by atoms with Gasteiger partial charge in [-0.3, -0.25) is 4.79 Å². The maximum Gasteiger partial charge on any atom is 0.416 e. The van der Waals surface area contributed by atoms with E-state index in [4.69, 9.17) is 0 Å². The summed E-state index contributed by atoms with van der Waals surface area (Å²) in [7, 11) is 0. The molecule has 3 aromatic rings. The van der Waals surface area contributed by atoms with E-state index in [1.165, 1.54) is 13.0 Å². The Balaban J connectivity index is 2.24. The number of alkyl halides is 3. The summed E-state index contributed by atoms with van der Waals surface area (Å²) < 4.78 is 38.1. The molecule has 3 rings (SSSR count). The van der Waals surface area contributed by atoms with Gasteiger partial charge in [-0.1, -0.05) is 0 Å². The summed E-state index contributed by atoms with van der Waals surface area (Å²) in [5.41, 5.74) is 1.19. The monoisotopic (exact) mass is 290 g/mol. The van der Waals surface area contributed by atoms with Crippen molar-refractivity contribution >= 4 is 27.9 Å². The van der Waals surface area contributed by atoms with E-state index in [0.717, 1.165) is 12.1 Å². The van der Waals surface area contributed by atoms with Crippen LogP contribution in [0.1, 0.15) is 22.8 Å². The van der Waals surface area contributed by atoms with Gasteiger partial charge in [-0.2, -0.15) is 13.2 Å². The van der Waals surface area contributed by atoms with Gasteiger partial charge in [-0.05, 0) is 43.3 Å². The Morgan fingerprint density at radius 1 is 0.905 bits per heavy atom. The third-order valence-corrected chi connectivity index (χ3v) is 3.17. The molecule has 3 nitrogen and oxygen atoms in total. The highest BCUT2D eigenvalue weighted by molar-refractivity contribution is 5.98. The van der Waals surface area contributed by atoms with Gasteiger partial charge in [0.25, 0.3) is 0 Å². The van der Waals surface area contributed by atoms with Crippen LogP contribution in [0.5, 0.6) is 0 Å². The molecule has 106 valence electrons. The number of benzene rings is 2. The van der Waals surface area contributed by atoms with Crippen LogP contribution >= 0.6 is 0 Å². The molecule has 0 saturated carbocycles. The highest BCUT2D eigenvalue weighted by Gasteiger charge is 2.30. The zero-order valence-corrected chi connectivity index (χ0v) is 10.9. The van der Waals surface area contributed by atoms with Crippen molar-refractivity contribution in [2.45, 2.75) is 13.1 Å². The van der Waals surface area contributed by atoms with E-state index < -0.39 is 11.7 Å². The number of hydrogen-bond acceptors (Lipinski definition) is 3. The van der Waals surface area contributed by atoms with Gasteiger partial charge in [-0.15, -0.1) is 0 Å². The Labute approximate surface area is 117 Å². The summed E-state index contributed by atoms with van der Waals surface area (Å²) >= 11 is 0. The van der Waals surface area contributed by atoms with Crippen LogP contribution in [0.25, 0.3) is 22.1 Å². The second-order valence-electron chi connectivity index (χ2n) is 4.68. The van der Waals surface area contributed by atoms with Crippen LogP contribution in [0.3, 0.4) is 0 Å². The second kappa shape index (κ2) is 4.51. The topological polar surface area (TPSA) is 42.9 Å². The van der Waals surface area contributed by atoms with Crippen LogP contribution in [-0.4, -0.2) is 15.8 Å². The standard InChI is InChI=1S/C15H9F3N2O/c1-8(21)9-2-4-11-13(6-9)19-12-5-3-10(15(16,17)18)7-14(12)20-11/h2-7H,1H3. The third kappa shape index (κ3) is 2.44. The lowest BCUT2D eigenvalue weighted by Crippen LogP contribution is -2.04. The third-order valence-electron chi connectivity index (χ3n) is 3.17. The molecule has 1 heterocycles. The molecule has 0 radical (unpaired) electrons. The van der Waals surface area contributed by atoms with Crippen LogP contribution < -0.4 is 0 Å². The average molecular weight is 290 g/mol. The molecule has 0 unspecified atom stereocenters. The van der Waals surface area contributed by atoms with Crippen molar-refractivity contribution < 1.29 is 18.0 Å². The van der Waals surface area contributed by atoms with Crippen LogP contribution in [0.15, 0.2) is 36.4 Å². The number of ketones is 1. The second-order valence-corrected chi connectivity index (χ2v) is 4.68. The summed E-state index contributed by atoms with van der Waals surface area (Å²) in [5.74, 6) is -0.105. The van der Waals surface area contributed by atoms with E-state index in [1.54, 1.807) is 18.2 Å². The molecular weight excluding hydrogens is 281 g/mol. The lowest BCUT2D eigenvalue weighted by Gasteiger charge is -2.08. The predicted molar refractivity (Wildman–Crippen MR) is 72.1 cm³/mol. The molecule has 0 bridgehead atoms. The minimum absolute atomic E-state index is 0.105. The molecule has 21 heavy (non-hydrogen) atoms. The first-order valence-electron chi connectivity index (χ1n) is 6.14. The summed E-state index contributed by atoms with van der Waals surface area (Å²) in [6, 6.07) is 7.97. The van der Waals surface area contributed by atoms with Crippen molar-refractivity contribution in [3.63, 3.8) is 0 Å². The van der Waals surface area contributed by atoms with E-state index in [0.29, 0.717) is 22.1 Å². The van der Waals surface area contributed by atoms with E-state index in [-0.39, 0.29) is 11.3 Å².